The van der Waals surface area contributed by atoms with Gasteiger partial charge >= 0.3 is 0 Å². The topological polar surface area (TPSA) is 98.4 Å². The van der Waals surface area contributed by atoms with Gasteiger partial charge in [0.05, 0.1) is 33.4 Å². The van der Waals surface area contributed by atoms with Gasteiger partial charge in [0.2, 0.25) is 17.1 Å². The highest BCUT2D eigenvalue weighted by molar-refractivity contribution is 5.78. The Morgan fingerprint density at radius 3 is 2.52 bits per heavy atom. The van der Waals surface area contributed by atoms with E-state index in [9.17, 15) is 14.7 Å². The van der Waals surface area contributed by atoms with Crippen LogP contribution in [0.4, 0.5) is 0 Å². The third kappa shape index (κ3) is 4.54. The molecule has 1 amide bonds. The molecule has 0 radical (unpaired) electrons. The molecule has 0 saturated carbocycles. The number of carbonyl (C=O) groups is 1. The van der Waals surface area contributed by atoms with Crippen molar-refractivity contribution in [3.63, 3.8) is 0 Å². The number of aryl methyl sites for hydroxylation is 1. The molecule has 0 aliphatic carbocycles. The number of aromatic hydroxyl groups is 1. The van der Waals surface area contributed by atoms with Gasteiger partial charge in [-0.1, -0.05) is 6.07 Å². The monoisotopic (exact) mass is 403 g/mol. The van der Waals surface area contributed by atoms with Crippen LogP contribution in [0.15, 0.2) is 33.5 Å². The Labute approximate surface area is 168 Å². The van der Waals surface area contributed by atoms with E-state index < -0.39 is 17.1 Å². The molecule has 8 nitrogen and oxygen atoms in total. The fourth-order valence-corrected chi connectivity index (χ4v) is 3.41. The lowest BCUT2D eigenvalue weighted by Gasteiger charge is -2.28. The zero-order valence-corrected chi connectivity index (χ0v) is 16.8. The molecule has 1 saturated heterocycles. The van der Waals surface area contributed by atoms with Crippen molar-refractivity contribution in [2.75, 3.05) is 40.5 Å². The SMILES string of the molecule is COc1ccc([C@H](CC(=O)N2CCOCC2)c2oc(C)cc(=O)c2O)cc1OC. The number of nitrogens with zero attached hydrogens (tertiary/aromatic N) is 1. The van der Waals surface area contributed by atoms with Crippen LogP contribution in [0.25, 0.3) is 0 Å². The first kappa shape index (κ1) is 20.7. The minimum Gasteiger partial charge on any atom is -0.502 e. The van der Waals surface area contributed by atoms with E-state index in [1.54, 1.807) is 30.0 Å². The van der Waals surface area contributed by atoms with Crippen LogP contribution in [0, 0.1) is 6.92 Å². The second-order valence-electron chi connectivity index (χ2n) is 6.80. The normalized spacial score (nSPS) is 15.1. The highest BCUT2D eigenvalue weighted by atomic mass is 16.5. The van der Waals surface area contributed by atoms with Crippen molar-refractivity contribution in [1.29, 1.82) is 0 Å². The van der Waals surface area contributed by atoms with Crippen molar-refractivity contribution in [2.45, 2.75) is 19.3 Å². The number of hydrogen-bond acceptors (Lipinski definition) is 7. The molecule has 0 unspecified atom stereocenters. The lowest BCUT2D eigenvalue weighted by molar-refractivity contribution is -0.135. The predicted molar refractivity (Wildman–Crippen MR) is 105 cm³/mol. The highest BCUT2D eigenvalue weighted by Crippen LogP contribution is 2.37. The molecule has 1 atom stereocenters. The quantitative estimate of drug-likeness (QED) is 0.788. The Morgan fingerprint density at radius 1 is 1.17 bits per heavy atom. The number of carbonyl (C=O) groups excluding carboxylic acids is 1. The van der Waals surface area contributed by atoms with Crippen molar-refractivity contribution in [3.8, 4) is 17.2 Å². The second-order valence-corrected chi connectivity index (χ2v) is 6.80. The number of hydrogen-bond donors (Lipinski definition) is 1. The van der Waals surface area contributed by atoms with Crippen LogP contribution >= 0.6 is 0 Å². The standard InChI is InChI=1S/C21H25NO7/c1-13-10-16(23)20(25)21(29-13)15(12-19(24)22-6-8-28-9-7-22)14-4-5-17(26-2)18(11-14)27-3/h4-5,10-11,15,25H,6-9,12H2,1-3H3/t15-/m0/s1. The molecule has 1 fully saturated rings. The van der Waals surface area contributed by atoms with Crippen molar-refractivity contribution in [1.82, 2.24) is 4.90 Å². The average Bonchev–Trinajstić information content (AvgIpc) is 2.74. The highest BCUT2D eigenvalue weighted by Gasteiger charge is 2.29. The van der Waals surface area contributed by atoms with Crippen LogP contribution in [0.1, 0.15) is 29.4 Å². The molecular weight excluding hydrogens is 378 g/mol. The van der Waals surface area contributed by atoms with Gasteiger partial charge in [0.25, 0.3) is 0 Å². The minimum absolute atomic E-state index is 0.0233. The van der Waals surface area contributed by atoms with Gasteiger partial charge in [0.15, 0.2) is 17.3 Å². The third-order valence-corrected chi connectivity index (χ3v) is 4.94. The summed E-state index contributed by atoms with van der Waals surface area (Å²) in [5.74, 6) is 0.142. The molecule has 0 bridgehead atoms. The summed E-state index contributed by atoms with van der Waals surface area (Å²) in [5, 5.41) is 10.4. The molecule has 1 aromatic heterocycles. The Morgan fingerprint density at radius 2 is 1.86 bits per heavy atom. The van der Waals surface area contributed by atoms with E-state index in [2.05, 4.69) is 0 Å². The summed E-state index contributed by atoms with van der Waals surface area (Å²) in [7, 11) is 3.04. The van der Waals surface area contributed by atoms with Crippen molar-refractivity contribution in [2.24, 2.45) is 0 Å². The van der Waals surface area contributed by atoms with Crippen LogP contribution in [-0.4, -0.2) is 56.4 Å². The molecule has 8 heteroatoms. The molecule has 1 aliphatic heterocycles. The number of morpholine rings is 1. The zero-order chi connectivity index (χ0) is 21.0. The number of ether oxygens (including phenoxy) is 3. The van der Waals surface area contributed by atoms with Crippen molar-refractivity contribution >= 4 is 5.91 Å². The molecule has 1 aliphatic rings. The maximum atomic E-state index is 12.9. The maximum Gasteiger partial charge on any atom is 0.227 e. The van der Waals surface area contributed by atoms with Gasteiger partial charge in [-0.25, -0.2) is 0 Å². The van der Waals surface area contributed by atoms with Gasteiger partial charge in [-0.05, 0) is 24.6 Å². The molecule has 2 aromatic rings. The van der Waals surface area contributed by atoms with E-state index in [0.29, 0.717) is 49.1 Å². The lowest BCUT2D eigenvalue weighted by atomic mass is 9.91. The first-order valence-corrected chi connectivity index (χ1v) is 9.35. The van der Waals surface area contributed by atoms with Crippen LogP contribution in [0.5, 0.6) is 17.2 Å². The molecule has 3 rings (SSSR count). The van der Waals surface area contributed by atoms with E-state index in [0.717, 1.165) is 0 Å². The summed E-state index contributed by atoms with van der Waals surface area (Å²) in [6, 6.07) is 6.41. The smallest absolute Gasteiger partial charge is 0.227 e. The van der Waals surface area contributed by atoms with E-state index >= 15 is 0 Å². The van der Waals surface area contributed by atoms with Crippen LogP contribution in [0.3, 0.4) is 0 Å². The van der Waals surface area contributed by atoms with Gasteiger partial charge in [-0.15, -0.1) is 0 Å². The Kier molecular flexibility index (Phi) is 6.43. The van der Waals surface area contributed by atoms with E-state index in [1.165, 1.54) is 20.3 Å². The van der Waals surface area contributed by atoms with Gasteiger partial charge in [-0.2, -0.15) is 0 Å². The van der Waals surface area contributed by atoms with Crippen LogP contribution < -0.4 is 14.9 Å². The van der Waals surface area contributed by atoms with E-state index in [1.807, 2.05) is 0 Å². The fourth-order valence-electron chi connectivity index (χ4n) is 3.41. The predicted octanol–water partition coefficient (Wildman–Crippen LogP) is 2.05. The molecule has 156 valence electrons. The minimum atomic E-state index is -0.669. The van der Waals surface area contributed by atoms with E-state index in [-0.39, 0.29) is 18.1 Å². The van der Waals surface area contributed by atoms with Crippen LogP contribution in [-0.2, 0) is 9.53 Å². The summed E-state index contributed by atoms with van der Waals surface area (Å²) in [6.07, 6.45) is 0.0233. The Hall–Kier alpha value is -3.00. The van der Waals surface area contributed by atoms with Gasteiger partial charge in [-0.3, -0.25) is 9.59 Å². The van der Waals surface area contributed by atoms with E-state index in [4.69, 9.17) is 18.6 Å². The van der Waals surface area contributed by atoms with Crippen molar-refractivity contribution in [3.05, 3.63) is 51.6 Å². The number of benzene rings is 1. The number of amides is 1. The van der Waals surface area contributed by atoms with Gasteiger partial charge < -0.3 is 28.6 Å². The van der Waals surface area contributed by atoms with Gasteiger partial charge in [0, 0.05) is 25.6 Å². The average molecular weight is 403 g/mol. The number of rotatable bonds is 6. The van der Waals surface area contributed by atoms with Crippen molar-refractivity contribution < 1.29 is 28.5 Å². The fraction of sp³-hybridized carbons (Fsp3) is 0.429. The summed E-state index contributed by atoms with van der Waals surface area (Å²) < 4.78 is 21.7. The molecule has 0 spiro atoms. The summed E-state index contributed by atoms with van der Waals surface area (Å²) >= 11 is 0. The number of methoxy groups -OCH3 is 2. The Balaban J connectivity index is 2.04. The first-order chi connectivity index (χ1) is 13.9. The third-order valence-electron chi connectivity index (χ3n) is 4.94. The van der Waals surface area contributed by atoms with Gasteiger partial charge in [0.1, 0.15) is 5.76 Å². The molecular formula is C21H25NO7. The lowest BCUT2D eigenvalue weighted by Crippen LogP contribution is -2.41. The maximum absolute atomic E-state index is 12.9. The summed E-state index contributed by atoms with van der Waals surface area (Å²) in [5.41, 5.74) is 0.112. The zero-order valence-electron chi connectivity index (χ0n) is 16.8. The largest absolute Gasteiger partial charge is 0.502 e. The summed E-state index contributed by atoms with van der Waals surface area (Å²) in [4.78, 5) is 26.8. The molecule has 29 heavy (non-hydrogen) atoms. The summed E-state index contributed by atoms with van der Waals surface area (Å²) in [6.45, 7) is 3.59. The van der Waals surface area contributed by atoms with Crippen LogP contribution in [0.2, 0.25) is 0 Å². The molecule has 1 aromatic carbocycles. The molecule has 1 N–H and O–H groups in total. The molecule has 2 heterocycles. The first-order valence-electron chi connectivity index (χ1n) is 9.35. The Bertz CT molecular complexity index is 931. The second kappa shape index (κ2) is 9.00.